The van der Waals surface area contributed by atoms with Crippen molar-refractivity contribution in [3.8, 4) is 0 Å². The second kappa shape index (κ2) is 3.30. The normalized spacial score (nSPS) is 37.5. The van der Waals surface area contributed by atoms with E-state index >= 15 is 0 Å². The molecule has 1 saturated heterocycles. The van der Waals surface area contributed by atoms with Gasteiger partial charge in [0.25, 0.3) is 0 Å². The van der Waals surface area contributed by atoms with E-state index in [-0.39, 0.29) is 0 Å². The van der Waals surface area contributed by atoms with Gasteiger partial charge in [-0.3, -0.25) is 4.90 Å². The number of hydrogen-bond acceptors (Lipinski definition) is 2. The van der Waals surface area contributed by atoms with Crippen LogP contribution in [0.3, 0.4) is 0 Å². The summed E-state index contributed by atoms with van der Waals surface area (Å²) in [7, 11) is 0. The molecule has 0 spiro atoms. The molecule has 2 fully saturated rings. The Balaban J connectivity index is 1.84. The molecule has 2 N–H and O–H groups in total. The van der Waals surface area contributed by atoms with Crippen molar-refractivity contribution in [3.05, 3.63) is 0 Å². The standard InChI is InChI=1S/C9H17FN2/c10-8-3-9(4-11)12(6-8)5-7-1-2-7/h7-9H,1-6,11H2/t8-,9-/m0/s1. The Hall–Kier alpha value is -0.150. The Labute approximate surface area is 72.9 Å². The number of nitrogens with two attached hydrogens (primary N) is 1. The average molecular weight is 172 g/mol. The molecule has 0 amide bonds. The Morgan fingerprint density at radius 2 is 2.17 bits per heavy atom. The summed E-state index contributed by atoms with van der Waals surface area (Å²) in [4.78, 5) is 2.24. The molecule has 1 aliphatic heterocycles. The van der Waals surface area contributed by atoms with Gasteiger partial charge in [0.15, 0.2) is 0 Å². The second-order valence-corrected chi connectivity index (χ2v) is 4.12. The minimum atomic E-state index is -0.628. The lowest BCUT2D eigenvalue weighted by Gasteiger charge is -2.22. The predicted molar refractivity (Wildman–Crippen MR) is 46.7 cm³/mol. The van der Waals surface area contributed by atoms with Crippen molar-refractivity contribution >= 4 is 0 Å². The molecule has 2 nitrogen and oxygen atoms in total. The van der Waals surface area contributed by atoms with E-state index in [2.05, 4.69) is 4.90 Å². The zero-order chi connectivity index (χ0) is 8.55. The van der Waals surface area contributed by atoms with Crippen LogP contribution in [0.2, 0.25) is 0 Å². The molecule has 0 aromatic carbocycles. The Morgan fingerprint density at radius 1 is 1.42 bits per heavy atom. The molecule has 1 saturated carbocycles. The van der Waals surface area contributed by atoms with Gasteiger partial charge in [0, 0.05) is 25.7 Å². The number of nitrogens with zero attached hydrogens (tertiary/aromatic N) is 1. The van der Waals surface area contributed by atoms with Crippen LogP contribution in [-0.4, -0.2) is 36.7 Å². The van der Waals surface area contributed by atoms with Crippen LogP contribution in [0, 0.1) is 5.92 Å². The minimum absolute atomic E-state index is 0.320. The van der Waals surface area contributed by atoms with Gasteiger partial charge in [0.05, 0.1) is 0 Å². The number of alkyl halides is 1. The van der Waals surface area contributed by atoms with Crippen molar-refractivity contribution in [2.45, 2.75) is 31.5 Å². The summed E-state index contributed by atoms with van der Waals surface area (Å²) in [5.74, 6) is 0.851. The summed E-state index contributed by atoms with van der Waals surface area (Å²) in [5.41, 5.74) is 5.57. The Kier molecular flexibility index (Phi) is 2.33. The van der Waals surface area contributed by atoms with E-state index in [9.17, 15) is 4.39 Å². The molecule has 2 atom stereocenters. The van der Waals surface area contributed by atoms with Crippen molar-refractivity contribution < 1.29 is 4.39 Å². The SMILES string of the molecule is NC[C@@H]1C[C@H](F)CN1CC1CC1. The average Bonchev–Trinajstić information content (AvgIpc) is 2.76. The number of likely N-dealkylation sites (tertiary alicyclic amines) is 1. The van der Waals surface area contributed by atoms with Crippen LogP contribution in [0.25, 0.3) is 0 Å². The summed E-state index contributed by atoms with van der Waals surface area (Å²) in [6, 6.07) is 0.320. The highest BCUT2D eigenvalue weighted by Gasteiger charge is 2.34. The van der Waals surface area contributed by atoms with Crippen LogP contribution in [0.1, 0.15) is 19.3 Å². The molecule has 1 heterocycles. The quantitative estimate of drug-likeness (QED) is 0.681. The smallest absolute Gasteiger partial charge is 0.114 e. The largest absolute Gasteiger partial charge is 0.329 e. The fraction of sp³-hybridized carbons (Fsp3) is 1.00. The zero-order valence-corrected chi connectivity index (χ0v) is 7.38. The molecule has 0 radical (unpaired) electrons. The maximum atomic E-state index is 13.0. The third-order valence-corrected chi connectivity index (χ3v) is 2.94. The van der Waals surface area contributed by atoms with Gasteiger partial charge in [-0.15, -0.1) is 0 Å². The van der Waals surface area contributed by atoms with E-state index in [1.165, 1.54) is 12.8 Å². The van der Waals surface area contributed by atoms with Gasteiger partial charge in [-0.05, 0) is 25.2 Å². The first-order valence-electron chi connectivity index (χ1n) is 4.87. The molecule has 70 valence electrons. The lowest BCUT2D eigenvalue weighted by molar-refractivity contribution is 0.237. The van der Waals surface area contributed by atoms with Gasteiger partial charge >= 0.3 is 0 Å². The summed E-state index contributed by atoms with van der Waals surface area (Å²) in [6.45, 7) is 2.33. The second-order valence-electron chi connectivity index (χ2n) is 4.12. The van der Waals surface area contributed by atoms with Gasteiger partial charge in [-0.25, -0.2) is 4.39 Å². The Morgan fingerprint density at radius 3 is 2.75 bits per heavy atom. The first-order valence-corrected chi connectivity index (χ1v) is 4.87. The topological polar surface area (TPSA) is 29.3 Å². The van der Waals surface area contributed by atoms with Crippen molar-refractivity contribution in [3.63, 3.8) is 0 Å². The van der Waals surface area contributed by atoms with E-state index in [1.54, 1.807) is 0 Å². The van der Waals surface area contributed by atoms with Crippen LogP contribution >= 0.6 is 0 Å². The first-order chi connectivity index (χ1) is 5.79. The van der Waals surface area contributed by atoms with Crippen molar-refractivity contribution in [2.75, 3.05) is 19.6 Å². The van der Waals surface area contributed by atoms with E-state index in [1.807, 2.05) is 0 Å². The number of halogens is 1. The number of rotatable bonds is 3. The lowest BCUT2D eigenvalue weighted by Crippen LogP contribution is -2.36. The molecule has 2 rings (SSSR count). The predicted octanol–water partition coefficient (Wildman–Crippen LogP) is 0.767. The number of hydrogen-bond donors (Lipinski definition) is 1. The summed E-state index contributed by atoms with van der Waals surface area (Å²) >= 11 is 0. The molecule has 0 bridgehead atoms. The van der Waals surface area contributed by atoms with E-state index in [4.69, 9.17) is 5.73 Å². The van der Waals surface area contributed by atoms with Crippen molar-refractivity contribution in [1.82, 2.24) is 4.90 Å². The fourth-order valence-corrected chi connectivity index (χ4v) is 2.02. The van der Waals surface area contributed by atoms with E-state index in [0.29, 0.717) is 25.6 Å². The Bertz CT molecular complexity index is 159. The lowest BCUT2D eigenvalue weighted by atomic mass is 10.2. The molecule has 12 heavy (non-hydrogen) atoms. The molecular formula is C9H17FN2. The van der Waals surface area contributed by atoms with Crippen molar-refractivity contribution in [1.29, 1.82) is 0 Å². The van der Waals surface area contributed by atoms with Crippen LogP contribution in [0.5, 0.6) is 0 Å². The van der Waals surface area contributed by atoms with Gasteiger partial charge in [-0.2, -0.15) is 0 Å². The minimum Gasteiger partial charge on any atom is -0.329 e. The fourth-order valence-electron chi connectivity index (χ4n) is 2.02. The first kappa shape index (κ1) is 8.45. The maximum Gasteiger partial charge on any atom is 0.114 e. The third-order valence-electron chi connectivity index (χ3n) is 2.94. The van der Waals surface area contributed by atoms with Gasteiger partial charge < -0.3 is 5.73 Å². The van der Waals surface area contributed by atoms with Crippen LogP contribution < -0.4 is 5.73 Å². The van der Waals surface area contributed by atoms with Crippen LogP contribution in [0.15, 0.2) is 0 Å². The molecule has 0 unspecified atom stereocenters. The molecule has 0 aromatic heterocycles. The summed E-state index contributed by atoms with van der Waals surface area (Å²) < 4.78 is 13.0. The van der Waals surface area contributed by atoms with Crippen LogP contribution in [0.4, 0.5) is 4.39 Å². The van der Waals surface area contributed by atoms with Gasteiger partial charge in [0.1, 0.15) is 6.17 Å². The highest BCUT2D eigenvalue weighted by molar-refractivity contribution is 4.89. The summed E-state index contributed by atoms with van der Waals surface area (Å²) in [5, 5.41) is 0. The molecule has 0 aromatic rings. The molecular weight excluding hydrogens is 155 g/mol. The van der Waals surface area contributed by atoms with E-state index < -0.39 is 6.17 Å². The summed E-state index contributed by atoms with van der Waals surface area (Å²) in [6.07, 6.45) is 2.70. The molecule has 2 aliphatic rings. The monoisotopic (exact) mass is 172 g/mol. The molecule has 1 aliphatic carbocycles. The van der Waals surface area contributed by atoms with E-state index in [0.717, 1.165) is 12.5 Å². The maximum absolute atomic E-state index is 13.0. The van der Waals surface area contributed by atoms with Gasteiger partial charge in [-0.1, -0.05) is 0 Å². The highest BCUT2D eigenvalue weighted by atomic mass is 19.1. The van der Waals surface area contributed by atoms with Crippen molar-refractivity contribution in [2.24, 2.45) is 11.7 Å². The zero-order valence-electron chi connectivity index (χ0n) is 7.38. The molecule has 3 heteroatoms. The third kappa shape index (κ3) is 1.77. The van der Waals surface area contributed by atoms with Crippen LogP contribution in [-0.2, 0) is 0 Å². The highest BCUT2D eigenvalue weighted by Crippen LogP contribution is 2.32. The van der Waals surface area contributed by atoms with Gasteiger partial charge in [0.2, 0.25) is 0 Å².